The van der Waals surface area contributed by atoms with Gasteiger partial charge in [-0.1, -0.05) is 38.3 Å². The molecular weight excluding hydrogens is 378 g/mol. The molecule has 0 aliphatic heterocycles. The number of benzene rings is 1. The highest BCUT2D eigenvalue weighted by molar-refractivity contribution is 7.89. The predicted molar refractivity (Wildman–Crippen MR) is 111 cm³/mol. The van der Waals surface area contributed by atoms with E-state index in [1.54, 1.807) is 30.4 Å². The number of aliphatic hydroxyl groups excluding tert-OH is 1. The molecule has 1 unspecified atom stereocenters. The molecule has 6 heteroatoms. The molecule has 0 radical (unpaired) electrons. The van der Waals surface area contributed by atoms with Crippen LogP contribution in [0.4, 0.5) is 0 Å². The largest absolute Gasteiger partial charge is 0.388 e. The van der Waals surface area contributed by atoms with Crippen molar-refractivity contribution in [2.45, 2.75) is 68.8 Å². The summed E-state index contributed by atoms with van der Waals surface area (Å²) in [6.07, 6.45) is 5.68. The predicted octanol–water partition coefficient (Wildman–Crippen LogP) is 4.54. The van der Waals surface area contributed by atoms with Crippen LogP contribution in [0.25, 0.3) is 0 Å². The SMILES string of the molecule is CCCc1ccc(S(=O)(=O)NCC2(c3ccc(C(C)O)s3)CCCC2)cc1. The topological polar surface area (TPSA) is 66.4 Å². The van der Waals surface area contributed by atoms with Crippen LogP contribution in [0.2, 0.25) is 0 Å². The van der Waals surface area contributed by atoms with Crippen molar-refractivity contribution in [1.29, 1.82) is 0 Å². The van der Waals surface area contributed by atoms with Crippen molar-refractivity contribution in [3.05, 3.63) is 51.7 Å². The molecule has 1 fully saturated rings. The minimum absolute atomic E-state index is 0.160. The fourth-order valence-corrected chi connectivity index (χ4v) is 6.18. The Bertz CT molecular complexity index is 848. The number of rotatable bonds is 8. The minimum atomic E-state index is -3.53. The first-order chi connectivity index (χ1) is 12.9. The average molecular weight is 408 g/mol. The lowest BCUT2D eigenvalue weighted by Crippen LogP contribution is -2.38. The summed E-state index contributed by atoms with van der Waals surface area (Å²) in [5, 5.41) is 9.83. The number of hydrogen-bond acceptors (Lipinski definition) is 4. The summed E-state index contributed by atoms with van der Waals surface area (Å²) < 4.78 is 28.5. The maximum absolute atomic E-state index is 12.8. The molecule has 148 valence electrons. The molecule has 0 amide bonds. The van der Waals surface area contributed by atoms with Crippen LogP contribution in [0.3, 0.4) is 0 Å². The monoisotopic (exact) mass is 407 g/mol. The summed E-state index contributed by atoms with van der Waals surface area (Å²) >= 11 is 1.61. The third-order valence-electron chi connectivity index (χ3n) is 5.49. The van der Waals surface area contributed by atoms with E-state index in [0.717, 1.165) is 49.0 Å². The lowest BCUT2D eigenvalue weighted by molar-refractivity contribution is 0.203. The quantitative estimate of drug-likeness (QED) is 0.675. The molecule has 1 aromatic carbocycles. The Morgan fingerprint density at radius 2 is 1.81 bits per heavy atom. The van der Waals surface area contributed by atoms with E-state index in [1.165, 1.54) is 4.88 Å². The maximum atomic E-state index is 12.8. The Hall–Kier alpha value is -1.21. The molecule has 1 saturated carbocycles. The second-order valence-corrected chi connectivity index (χ2v) is 10.5. The first-order valence-corrected chi connectivity index (χ1v) is 12.0. The van der Waals surface area contributed by atoms with Crippen molar-refractivity contribution in [3.8, 4) is 0 Å². The van der Waals surface area contributed by atoms with Gasteiger partial charge >= 0.3 is 0 Å². The van der Waals surface area contributed by atoms with Crippen LogP contribution in [-0.2, 0) is 21.9 Å². The Balaban J connectivity index is 1.77. The molecule has 0 spiro atoms. The molecule has 1 atom stereocenters. The summed E-state index contributed by atoms with van der Waals surface area (Å²) in [7, 11) is -3.53. The molecule has 1 aliphatic carbocycles. The van der Waals surface area contributed by atoms with Gasteiger partial charge in [0.2, 0.25) is 10.0 Å². The van der Waals surface area contributed by atoms with Crippen LogP contribution < -0.4 is 4.72 Å². The molecule has 2 aromatic rings. The molecule has 2 N–H and O–H groups in total. The number of nitrogens with one attached hydrogen (secondary N) is 1. The van der Waals surface area contributed by atoms with Gasteiger partial charge in [0.25, 0.3) is 0 Å². The van der Waals surface area contributed by atoms with Crippen LogP contribution in [0.1, 0.15) is 67.4 Å². The maximum Gasteiger partial charge on any atom is 0.240 e. The number of aliphatic hydroxyl groups is 1. The van der Waals surface area contributed by atoms with Gasteiger partial charge in [0.15, 0.2) is 0 Å². The summed E-state index contributed by atoms with van der Waals surface area (Å²) in [4.78, 5) is 2.44. The van der Waals surface area contributed by atoms with E-state index in [2.05, 4.69) is 17.7 Å². The van der Waals surface area contributed by atoms with Crippen molar-refractivity contribution in [3.63, 3.8) is 0 Å². The van der Waals surface area contributed by atoms with Gasteiger partial charge in [0, 0.05) is 21.7 Å². The Morgan fingerprint density at radius 1 is 1.15 bits per heavy atom. The Morgan fingerprint density at radius 3 is 2.37 bits per heavy atom. The molecule has 1 aromatic heterocycles. The van der Waals surface area contributed by atoms with E-state index in [9.17, 15) is 13.5 Å². The second-order valence-electron chi connectivity index (χ2n) is 7.58. The van der Waals surface area contributed by atoms with Gasteiger partial charge in [-0.2, -0.15) is 0 Å². The number of sulfonamides is 1. The van der Waals surface area contributed by atoms with Crippen LogP contribution in [0.15, 0.2) is 41.3 Å². The lowest BCUT2D eigenvalue weighted by atomic mass is 9.85. The second kappa shape index (κ2) is 8.43. The van der Waals surface area contributed by atoms with Gasteiger partial charge in [-0.15, -0.1) is 11.3 Å². The first-order valence-electron chi connectivity index (χ1n) is 9.73. The zero-order chi connectivity index (χ0) is 19.5. The molecular formula is C21H29NO3S2. The van der Waals surface area contributed by atoms with E-state index in [1.807, 2.05) is 18.2 Å². The standard InChI is InChI=1S/C21H29NO3S2/c1-3-6-17-7-9-18(10-8-17)27(24,25)22-15-21(13-4-5-14-21)20-12-11-19(26-20)16(2)23/h7-12,16,22-23H,3-6,13-15H2,1-2H3. The highest BCUT2D eigenvalue weighted by Crippen LogP contribution is 2.44. The molecule has 4 nitrogen and oxygen atoms in total. The van der Waals surface area contributed by atoms with Gasteiger partial charge in [-0.3, -0.25) is 0 Å². The molecule has 1 heterocycles. The van der Waals surface area contributed by atoms with E-state index in [4.69, 9.17) is 0 Å². The van der Waals surface area contributed by atoms with Crippen LogP contribution in [0, 0.1) is 0 Å². The van der Waals surface area contributed by atoms with E-state index in [-0.39, 0.29) is 5.41 Å². The fraction of sp³-hybridized carbons (Fsp3) is 0.524. The van der Waals surface area contributed by atoms with Crippen molar-refractivity contribution in [2.24, 2.45) is 0 Å². The number of hydrogen-bond donors (Lipinski definition) is 2. The Labute approximate surface area is 166 Å². The van der Waals surface area contributed by atoms with Crippen LogP contribution in [0.5, 0.6) is 0 Å². The first kappa shape index (κ1) is 20.5. The van der Waals surface area contributed by atoms with Gasteiger partial charge in [0.05, 0.1) is 11.0 Å². The smallest absolute Gasteiger partial charge is 0.240 e. The summed E-state index contributed by atoms with van der Waals surface area (Å²) in [6, 6.07) is 11.2. The summed E-state index contributed by atoms with van der Waals surface area (Å²) in [5.41, 5.74) is 1.00. The van der Waals surface area contributed by atoms with Crippen LogP contribution in [-0.4, -0.2) is 20.1 Å². The normalized spacial score (nSPS) is 17.9. The van der Waals surface area contributed by atoms with Crippen molar-refractivity contribution < 1.29 is 13.5 Å². The fourth-order valence-electron chi connectivity index (χ4n) is 3.86. The Kier molecular flexibility index (Phi) is 6.41. The van der Waals surface area contributed by atoms with Crippen molar-refractivity contribution in [1.82, 2.24) is 4.72 Å². The lowest BCUT2D eigenvalue weighted by Gasteiger charge is -2.28. The third kappa shape index (κ3) is 4.62. The summed E-state index contributed by atoms with van der Waals surface area (Å²) in [6.45, 7) is 4.29. The molecule has 3 rings (SSSR count). The molecule has 27 heavy (non-hydrogen) atoms. The van der Waals surface area contributed by atoms with Gasteiger partial charge in [0.1, 0.15) is 0 Å². The number of aryl methyl sites for hydroxylation is 1. The van der Waals surface area contributed by atoms with E-state index < -0.39 is 16.1 Å². The van der Waals surface area contributed by atoms with Gasteiger partial charge < -0.3 is 5.11 Å². The zero-order valence-electron chi connectivity index (χ0n) is 16.1. The average Bonchev–Trinajstić information content (AvgIpc) is 3.31. The zero-order valence-corrected chi connectivity index (χ0v) is 17.7. The molecule has 1 aliphatic rings. The van der Waals surface area contributed by atoms with E-state index >= 15 is 0 Å². The van der Waals surface area contributed by atoms with Crippen molar-refractivity contribution in [2.75, 3.05) is 6.54 Å². The highest BCUT2D eigenvalue weighted by atomic mass is 32.2. The third-order valence-corrected chi connectivity index (χ3v) is 8.41. The molecule has 0 saturated heterocycles. The minimum Gasteiger partial charge on any atom is -0.388 e. The van der Waals surface area contributed by atoms with E-state index in [0.29, 0.717) is 11.4 Å². The molecule has 0 bridgehead atoms. The van der Waals surface area contributed by atoms with Crippen molar-refractivity contribution >= 4 is 21.4 Å². The number of thiophene rings is 1. The summed E-state index contributed by atoms with van der Waals surface area (Å²) in [5.74, 6) is 0. The van der Waals surface area contributed by atoms with Crippen LogP contribution >= 0.6 is 11.3 Å². The van der Waals surface area contributed by atoms with Gasteiger partial charge in [-0.25, -0.2) is 13.1 Å². The highest BCUT2D eigenvalue weighted by Gasteiger charge is 2.38. The van der Waals surface area contributed by atoms with Gasteiger partial charge in [-0.05, 0) is 56.0 Å².